The Labute approximate surface area is 192 Å². The molecular weight excluding hydrogens is 460 g/mol. The second-order valence-electron chi connectivity index (χ2n) is 6.92. The second-order valence-corrected chi connectivity index (χ2v) is 10.8. The highest BCUT2D eigenvalue weighted by atomic mass is 35.5. The number of piperidine rings is 1. The zero-order valence-corrected chi connectivity index (χ0v) is 19.2. The smallest absolute Gasteiger partial charge is 0.294 e. The minimum absolute atomic E-state index is 0.156. The van der Waals surface area contributed by atoms with Crippen LogP contribution in [0, 0.1) is 0 Å². The van der Waals surface area contributed by atoms with Gasteiger partial charge in [0.25, 0.3) is 11.1 Å². The normalized spacial score (nSPS) is 18.5. The van der Waals surface area contributed by atoms with Crippen LogP contribution >= 0.6 is 46.5 Å². The maximum Gasteiger partial charge on any atom is 0.294 e. The number of halogens is 1. The van der Waals surface area contributed by atoms with Crippen LogP contribution in [0.2, 0.25) is 5.02 Å². The van der Waals surface area contributed by atoms with Gasteiger partial charge in [0.1, 0.15) is 6.54 Å². The summed E-state index contributed by atoms with van der Waals surface area (Å²) in [6, 6.07) is 11.5. The summed E-state index contributed by atoms with van der Waals surface area (Å²) in [5, 5.41) is 0.310. The molecule has 5 nitrogen and oxygen atoms in total. The fraction of sp³-hybridized carbons (Fsp3) is 0.286. The van der Waals surface area contributed by atoms with Gasteiger partial charge in [0.05, 0.1) is 9.11 Å². The molecular formula is C21H19ClN2O3S3. The van der Waals surface area contributed by atoms with Gasteiger partial charge in [-0.15, -0.1) is 11.3 Å². The van der Waals surface area contributed by atoms with Crippen molar-refractivity contribution in [3.63, 3.8) is 0 Å². The molecule has 0 unspecified atom stereocenters. The SMILES string of the molecule is O=C(CN1C(=O)S/C(=C\c2ccc(Sc3ccc(Cl)cc3)s2)C1=O)N1CCCCC1. The zero-order valence-electron chi connectivity index (χ0n) is 16.0. The third-order valence-corrected chi connectivity index (χ3v) is 8.11. The van der Waals surface area contributed by atoms with Crippen LogP contribution in [0.5, 0.6) is 0 Å². The van der Waals surface area contributed by atoms with Gasteiger partial charge in [-0.1, -0.05) is 23.4 Å². The van der Waals surface area contributed by atoms with Crippen molar-refractivity contribution in [3.05, 3.63) is 51.2 Å². The number of rotatable bonds is 5. The van der Waals surface area contributed by atoms with Crippen molar-refractivity contribution in [2.45, 2.75) is 28.4 Å². The van der Waals surface area contributed by atoms with Gasteiger partial charge in [0, 0.05) is 27.9 Å². The number of thiophene rings is 1. The van der Waals surface area contributed by atoms with Crippen LogP contribution in [0.25, 0.3) is 6.08 Å². The first-order valence-corrected chi connectivity index (χ1v) is 12.4. The molecule has 1 aromatic carbocycles. The highest BCUT2D eigenvalue weighted by Crippen LogP contribution is 2.37. The number of likely N-dealkylation sites (tertiary alicyclic amines) is 1. The third-order valence-electron chi connectivity index (χ3n) is 4.78. The summed E-state index contributed by atoms with van der Waals surface area (Å²) in [5.74, 6) is -0.549. The second kappa shape index (κ2) is 9.60. The van der Waals surface area contributed by atoms with Crippen molar-refractivity contribution in [3.8, 4) is 0 Å². The van der Waals surface area contributed by atoms with Gasteiger partial charge in [-0.2, -0.15) is 0 Å². The molecule has 4 rings (SSSR count). The summed E-state index contributed by atoms with van der Waals surface area (Å²) < 4.78 is 1.07. The van der Waals surface area contributed by atoms with Gasteiger partial charge >= 0.3 is 0 Å². The quantitative estimate of drug-likeness (QED) is 0.523. The van der Waals surface area contributed by atoms with E-state index in [1.54, 1.807) is 34.1 Å². The van der Waals surface area contributed by atoms with Crippen LogP contribution in [0.1, 0.15) is 24.1 Å². The molecule has 0 N–H and O–H groups in total. The van der Waals surface area contributed by atoms with E-state index in [1.807, 2.05) is 36.4 Å². The van der Waals surface area contributed by atoms with E-state index in [9.17, 15) is 14.4 Å². The first-order valence-electron chi connectivity index (χ1n) is 9.56. The van der Waals surface area contributed by atoms with Crippen LogP contribution in [-0.4, -0.2) is 46.5 Å². The lowest BCUT2D eigenvalue weighted by Crippen LogP contribution is -2.44. The van der Waals surface area contributed by atoms with Crippen molar-refractivity contribution in [2.24, 2.45) is 0 Å². The third kappa shape index (κ3) is 5.11. The van der Waals surface area contributed by atoms with Crippen molar-refractivity contribution in [1.82, 2.24) is 9.80 Å². The lowest BCUT2D eigenvalue weighted by molar-refractivity contribution is -0.136. The highest BCUT2D eigenvalue weighted by molar-refractivity contribution is 8.18. The molecule has 1 aromatic heterocycles. The van der Waals surface area contributed by atoms with Crippen LogP contribution in [-0.2, 0) is 9.59 Å². The van der Waals surface area contributed by atoms with Crippen molar-refractivity contribution < 1.29 is 14.4 Å². The Kier molecular flexibility index (Phi) is 6.87. The highest BCUT2D eigenvalue weighted by Gasteiger charge is 2.37. The lowest BCUT2D eigenvalue weighted by atomic mass is 10.1. The number of amides is 3. The predicted octanol–water partition coefficient (Wildman–Crippen LogP) is 5.60. The number of imide groups is 1. The molecule has 9 heteroatoms. The largest absolute Gasteiger partial charge is 0.341 e. The Morgan fingerprint density at radius 2 is 1.80 bits per heavy atom. The molecule has 2 saturated heterocycles. The molecule has 0 atom stereocenters. The molecule has 0 spiro atoms. The van der Waals surface area contributed by atoms with Gasteiger partial charge in [0.2, 0.25) is 5.91 Å². The van der Waals surface area contributed by atoms with Gasteiger partial charge in [0.15, 0.2) is 0 Å². The summed E-state index contributed by atoms with van der Waals surface area (Å²) in [4.78, 5) is 42.6. The first kappa shape index (κ1) is 21.5. The van der Waals surface area contributed by atoms with E-state index < -0.39 is 5.91 Å². The fourth-order valence-corrected chi connectivity index (χ4v) is 6.33. The van der Waals surface area contributed by atoms with Crippen molar-refractivity contribution >= 4 is 69.6 Å². The van der Waals surface area contributed by atoms with E-state index in [1.165, 1.54) is 0 Å². The number of carbonyl (C=O) groups is 3. The van der Waals surface area contributed by atoms with Crippen LogP contribution in [0.15, 0.2) is 50.4 Å². The van der Waals surface area contributed by atoms with Crippen molar-refractivity contribution in [1.29, 1.82) is 0 Å². The van der Waals surface area contributed by atoms with Gasteiger partial charge < -0.3 is 4.90 Å². The number of hydrogen-bond donors (Lipinski definition) is 0. The molecule has 3 amide bonds. The van der Waals surface area contributed by atoms with E-state index in [0.29, 0.717) is 23.0 Å². The summed E-state index contributed by atoms with van der Waals surface area (Å²) in [6.45, 7) is 1.23. The molecule has 0 bridgehead atoms. The lowest BCUT2D eigenvalue weighted by Gasteiger charge is -2.27. The monoisotopic (exact) mass is 478 g/mol. The zero-order chi connectivity index (χ0) is 21.1. The number of carbonyl (C=O) groups excluding carboxylic acids is 3. The van der Waals surface area contributed by atoms with E-state index in [4.69, 9.17) is 11.6 Å². The molecule has 2 aliphatic rings. The minimum atomic E-state index is -0.393. The van der Waals surface area contributed by atoms with E-state index in [0.717, 1.165) is 49.9 Å². The maximum absolute atomic E-state index is 12.7. The molecule has 2 aromatic rings. The standard InChI is InChI=1S/C21H19ClN2O3S3/c22-14-4-6-15(7-5-14)28-19-9-8-16(29-19)12-17-20(26)24(21(27)30-17)13-18(25)23-10-2-1-3-11-23/h4-9,12H,1-3,10-11,13H2/b17-12-. The average molecular weight is 479 g/mol. The van der Waals surface area contributed by atoms with Gasteiger partial charge in [-0.25, -0.2) is 0 Å². The molecule has 3 heterocycles. The van der Waals surface area contributed by atoms with Gasteiger partial charge in [-0.3, -0.25) is 19.3 Å². The molecule has 2 fully saturated rings. The molecule has 0 radical (unpaired) electrons. The van der Waals surface area contributed by atoms with Gasteiger partial charge in [-0.05, 0) is 73.5 Å². The molecule has 0 aliphatic carbocycles. The fourth-order valence-electron chi connectivity index (χ4n) is 3.23. The maximum atomic E-state index is 12.7. The van der Waals surface area contributed by atoms with E-state index in [2.05, 4.69) is 0 Å². The average Bonchev–Trinajstić information content (AvgIpc) is 3.29. The Bertz CT molecular complexity index is 997. The van der Waals surface area contributed by atoms with Crippen molar-refractivity contribution in [2.75, 3.05) is 19.6 Å². The first-order chi connectivity index (χ1) is 14.5. The molecule has 0 saturated carbocycles. The predicted molar refractivity (Wildman–Crippen MR) is 123 cm³/mol. The summed E-state index contributed by atoms with van der Waals surface area (Å²) in [6.07, 6.45) is 4.80. The molecule has 2 aliphatic heterocycles. The number of hydrogen-bond acceptors (Lipinski definition) is 6. The minimum Gasteiger partial charge on any atom is -0.341 e. The Morgan fingerprint density at radius 1 is 1.07 bits per heavy atom. The van der Waals surface area contributed by atoms with Crippen LogP contribution < -0.4 is 0 Å². The summed E-state index contributed by atoms with van der Waals surface area (Å²) >= 11 is 9.97. The Balaban J connectivity index is 1.41. The van der Waals surface area contributed by atoms with Crippen LogP contribution in [0.4, 0.5) is 4.79 Å². The van der Waals surface area contributed by atoms with Crippen LogP contribution in [0.3, 0.4) is 0 Å². The number of nitrogens with zero attached hydrogens (tertiary/aromatic N) is 2. The molecule has 156 valence electrons. The number of benzene rings is 1. The molecule has 30 heavy (non-hydrogen) atoms. The number of thioether (sulfide) groups is 1. The Morgan fingerprint density at radius 3 is 2.53 bits per heavy atom. The summed E-state index contributed by atoms with van der Waals surface area (Å²) in [7, 11) is 0. The topological polar surface area (TPSA) is 57.7 Å². The van der Waals surface area contributed by atoms with E-state index in [-0.39, 0.29) is 17.7 Å². The Hall–Kier alpha value is -1.74. The summed E-state index contributed by atoms with van der Waals surface area (Å²) in [5.41, 5.74) is 0. The van der Waals surface area contributed by atoms with E-state index >= 15 is 0 Å².